The van der Waals surface area contributed by atoms with Crippen LogP contribution in [0, 0.1) is 11.7 Å². The predicted molar refractivity (Wildman–Crippen MR) is 145 cm³/mol. The number of carboxylic acids is 1. The highest BCUT2D eigenvalue weighted by Crippen LogP contribution is 2.38. The molecule has 190 valence electrons. The van der Waals surface area contributed by atoms with E-state index in [1.807, 2.05) is 13.8 Å². The maximum Gasteiger partial charge on any atom is 0.337 e. The summed E-state index contributed by atoms with van der Waals surface area (Å²) in [6.07, 6.45) is 4.72. The molecule has 3 N–H and O–H groups in total. The Bertz CT molecular complexity index is 1310. The van der Waals surface area contributed by atoms with Gasteiger partial charge in [-0.1, -0.05) is 51.3 Å². The molecule has 0 atom stereocenters. The number of nitrogens with zero attached hydrogens (tertiary/aromatic N) is 1. The molecular weight excluding hydrogens is 477 g/mol. The molecule has 4 rings (SSSR count). The number of para-hydroxylation sites is 1. The topological polar surface area (TPSA) is 81.7 Å². The highest BCUT2D eigenvalue weighted by Gasteiger charge is 2.25. The quantitative estimate of drug-likeness (QED) is 0.289. The van der Waals surface area contributed by atoms with E-state index in [4.69, 9.17) is 2.74 Å². The second-order valence-electron chi connectivity index (χ2n) is 9.21. The number of hydrogen-bond donors (Lipinski definition) is 3. The number of halogens is 1. The predicted octanol–water partition coefficient (Wildman–Crippen LogP) is 7.69. The maximum absolute atomic E-state index is 14.2. The van der Waals surface area contributed by atoms with Crippen LogP contribution in [0.25, 0.3) is 10.4 Å². The Labute approximate surface area is 218 Å². The molecule has 1 saturated carbocycles. The van der Waals surface area contributed by atoms with Crippen molar-refractivity contribution < 1.29 is 21.8 Å². The molecular formula is C28H32FN3O3S. The van der Waals surface area contributed by atoms with Gasteiger partial charge in [0.05, 0.1) is 22.6 Å². The number of urea groups is 1. The zero-order valence-electron chi connectivity index (χ0n) is 22.4. The Morgan fingerprint density at radius 1 is 1.11 bits per heavy atom. The first-order valence-electron chi connectivity index (χ1n) is 13.2. The van der Waals surface area contributed by atoms with Gasteiger partial charge >= 0.3 is 12.0 Å². The minimum atomic E-state index is -1.73. The van der Waals surface area contributed by atoms with Gasteiger partial charge in [-0.2, -0.15) is 0 Å². The zero-order chi connectivity index (χ0) is 27.4. The molecule has 6 nitrogen and oxygen atoms in total. The van der Waals surface area contributed by atoms with Crippen molar-refractivity contribution in [3.8, 4) is 10.4 Å². The van der Waals surface area contributed by atoms with Gasteiger partial charge in [0.1, 0.15) is 5.82 Å². The van der Waals surface area contributed by atoms with Crippen LogP contribution >= 0.6 is 11.3 Å². The molecule has 8 heteroatoms. The number of rotatable bonds is 8. The number of aromatic carboxylic acids is 1. The fraction of sp³-hybridized carbons (Fsp3) is 0.357. The fourth-order valence-corrected chi connectivity index (χ4v) is 5.40. The summed E-state index contributed by atoms with van der Waals surface area (Å²) in [5.41, 5.74) is 1.55. The highest BCUT2D eigenvalue weighted by atomic mass is 32.1. The largest absolute Gasteiger partial charge is 0.478 e. The van der Waals surface area contributed by atoms with Crippen molar-refractivity contribution in [1.29, 1.82) is 0 Å². The van der Waals surface area contributed by atoms with Gasteiger partial charge in [-0.3, -0.25) is 0 Å². The molecule has 3 aromatic rings. The van der Waals surface area contributed by atoms with Crippen molar-refractivity contribution in [2.45, 2.75) is 52.0 Å². The number of carbonyl (C=O) groups is 2. The Morgan fingerprint density at radius 3 is 2.53 bits per heavy atom. The van der Waals surface area contributed by atoms with Crippen molar-refractivity contribution in [2.75, 3.05) is 22.0 Å². The van der Waals surface area contributed by atoms with Crippen molar-refractivity contribution in [3.05, 3.63) is 65.3 Å². The van der Waals surface area contributed by atoms with Gasteiger partial charge in [0, 0.05) is 20.2 Å². The van der Waals surface area contributed by atoms with Gasteiger partial charge in [-0.15, -0.1) is 11.3 Å². The Balaban J connectivity index is 1.81. The van der Waals surface area contributed by atoms with Crippen LogP contribution in [-0.2, 0) is 0 Å². The van der Waals surface area contributed by atoms with Crippen LogP contribution in [0.3, 0.4) is 0 Å². The summed E-state index contributed by atoms with van der Waals surface area (Å²) in [5, 5.41) is 16.6. The van der Waals surface area contributed by atoms with Crippen LogP contribution in [0.2, 0.25) is 0 Å². The van der Waals surface area contributed by atoms with Crippen LogP contribution in [0.15, 0.2) is 53.9 Å². The van der Waals surface area contributed by atoms with Crippen LogP contribution in [0.5, 0.6) is 0 Å². The Hall–Kier alpha value is -3.39. The molecule has 0 bridgehead atoms. The fourth-order valence-electron chi connectivity index (χ4n) is 4.52. The third-order valence-electron chi connectivity index (χ3n) is 6.12. The van der Waals surface area contributed by atoms with Crippen molar-refractivity contribution in [3.63, 3.8) is 0 Å². The van der Waals surface area contributed by atoms with Gasteiger partial charge in [0.2, 0.25) is 0 Å². The minimum Gasteiger partial charge on any atom is -0.478 e. The number of carboxylic acid groups (broad SMARTS) is 1. The SMILES string of the molecule is [2H]C([2H])(C(C)C)N(c1ccc(-c2sccc2C(=O)O)cc1NC(=O)Nc1ccccc1F)C1CCCCC1. The van der Waals surface area contributed by atoms with Gasteiger partial charge in [-0.05, 0) is 60.0 Å². The van der Waals surface area contributed by atoms with Crippen LogP contribution in [0.1, 0.15) is 59.1 Å². The molecule has 2 amide bonds. The van der Waals surface area contributed by atoms with E-state index in [0.29, 0.717) is 21.8 Å². The molecule has 0 saturated heterocycles. The van der Waals surface area contributed by atoms with Crippen molar-refractivity contribution in [2.24, 2.45) is 5.92 Å². The second kappa shape index (κ2) is 11.6. The first kappa shape index (κ1) is 23.0. The number of thiophene rings is 1. The van der Waals surface area contributed by atoms with Gasteiger partial charge < -0.3 is 20.6 Å². The van der Waals surface area contributed by atoms with E-state index in [9.17, 15) is 19.1 Å². The summed E-state index contributed by atoms with van der Waals surface area (Å²) in [6, 6.07) is 11.8. The van der Waals surface area contributed by atoms with E-state index in [1.54, 1.807) is 34.5 Å². The second-order valence-corrected chi connectivity index (χ2v) is 10.1. The zero-order valence-corrected chi connectivity index (χ0v) is 21.2. The number of amides is 2. The van der Waals surface area contributed by atoms with Gasteiger partial charge in [0.25, 0.3) is 0 Å². The third-order valence-corrected chi connectivity index (χ3v) is 7.08. The molecule has 0 aliphatic heterocycles. The summed E-state index contributed by atoms with van der Waals surface area (Å²) in [4.78, 5) is 27.1. The van der Waals surface area contributed by atoms with Crippen LogP contribution < -0.4 is 15.5 Å². The summed E-state index contributed by atoms with van der Waals surface area (Å²) in [5.74, 6) is -1.99. The molecule has 0 radical (unpaired) electrons. The van der Waals surface area contributed by atoms with E-state index >= 15 is 0 Å². The summed E-state index contributed by atoms with van der Waals surface area (Å²) >= 11 is 1.27. The van der Waals surface area contributed by atoms with Crippen molar-refractivity contribution in [1.82, 2.24) is 0 Å². The molecule has 2 aromatic carbocycles. The lowest BCUT2D eigenvalue weighted by Gasteiger charge is -2.38. The number of benzene rings is 2. The molecule has 1 fully saturated rings. The molecule has 0 spiro atoms. The Morgan fingerprint density at radius 2 is 1.83 bits per heavy atom. The summed E-state index contributed by atoms with van der Waals surface area (Å²) in [6.45, 7) is 1.93. The Kier molecular flexibility index (Phi) is 7.40. The van der Waals surface area contributed by atoms with E-state index in [1.165, 1.54) is 35.6 Å². The standard InChI is InChI=1S/C28H32FN3O3S/c1-18(2)17-32(20-8-4-3-5-9-20)25-13-12-19(26-21(27(33)34)14-15-36-26)16-24(25)31-28(35)30-23-11-7-6-10-22(23)29/h6-7,10-16,18,20H,3-5,8-9,17H2,1-2H3,(H,33,34)(H2,30,31,35)/i17D2. The van der Waals surface area contributed by atoms with E-state index in [-0.39, 0.29) is 23.2 Å². The van der Waals surface area contributed by atoms with Gasteiger partial charge in [-0.25, -0.2) is 14.0 Å². The minimum absolute atomic E-state index is 0.00997. The lowest BCUT2D eigenvalue weighted by molar-refractivity contribution is 0.0698. The summed E-state index contributed by atoms with van der Waals surface area (Å²) < 4.78 is 32.2. The molecule has 0 unspecified atom stereocenters. The number of hydrogen-bond acceptors (Lipinski definition) is 4. The lowest BCUT2D eigenvalue weighted by atomic mass is 9.92. The first-order chi connectivity index (χ1) is 18.1. The van der Waals surface area contributed by atoms with Crippen molar-refractivity contribution >= 4 is 40.4 Å². The normalized spacial score (nSPS) is 15.2. The van der Waals surface area contributed by atoms with E-state index < -0.39 is 24.3 Å². The van der Waals surface area contributed by atoms with E-state index in [0.717, 1.165) is 32.1 Å². The van der Waals surface area contributed by atoms with Crippen LogP contribution in [-0.4, -0.2) is 29.6 Å². The molecule has 36 heavy (non-hydrogen) atoms. The number of anilines is 3. The molecule has 1 aliphatic carbocycles. The molecule has 1 aliphatic rings. The van der Waals surface area contributed by atoms with Gasteiger partial charge in [0.15, 0.2) is 0 Å². The summed E-state index contributed by atoms with van der Waals surface area (Å²) in [7, 11) is 0. The first-order valence-corrected chi connectivity index (χ1v) is 13.0. The molecule has 1 aromatic heterocycles. The monoisotopic (exact) mass is 511 g/mol. The smallest absolute Gasteiger partial charge is 0.337 e. The van der Waals surface area contributed by atoms with E-state index in [2.05, 4.69) is 10.6 Å². The number of nitrogens with one attached hydrogen (secondary N) is 2. The third kappa shape index (κ3) is 6.05. The molecule has 1 heterocycles. The number of carbonyl (C=O) groups excluding carboxylic acids is 1. The lowest BCUT2D eigenvalue weighted by Crippen LogP contribution is -2.40. The van der Waals surface area contributed by atoms with Crippen LogP contribution in [0.4, 0.5) is 26.2 Å². The maximum atomic E-state index is 14.2. The average molecular weight is 512 g/mol. The highest BCUT2D eigenvalue weighted by molar-refractivity contribution is 7.14. The average Bonchev–Trinajstić information content (AvgIpc) is 3.37.